The molecule has 1 aliphatic carbocycles. The molecule has 1 aromatic carbocycles. The second kappa shape index (κ2) is 6.66. The molecule has 0 amide bonds. The number of hydrogen-bond acceptors (Lipinski definition) is 3. The number of halogens is 1. The van der Waals surface area contributed by atoms with E-state index in [-0.39, 0.29) is 12.1 Å². The first-order valence-corrected chi connectivity index (χ1v) is 8.42. The smallest absolute Gasteiger partial charge is 0.0571 e. The summed E-state index contributed by atoms with van der Waals surface area (Å²) in [7, 11) is 0. The van der Waals surface area contributed by atoms with Crippen LogP contribution in [0.5, 0.6) is 0 Å². The van der Waals surface area contributed by atoms with Crippen molar-refractivity contribution in [2.75, 3.05) is 13.1 Å². The lowest BCUT2D eigenvalue weighted by atomic mass is 9.89. The molecular weight excluding hydrogens is 284 g/mol. The summed E-state index contributed by atoms with van der Waals surface area (Å²) in [6, 6.07) is 8.76. The number of piperidine rings is 1. The van der Waals surface area contributed by atoms with Crippen molar-refractivity contribution in [1.29, 1.82) is 0 Å². The van der Waals surface area contributed by atoms with Crippen molar-refractivity contribution in [3.05, 3.63) is 34.9 Å². The summed E-state index contributed by atoms with van der Waals surface area (Å²) in [5.74, 6) is 0.755. The van der Waals surface area contributed by atoms with Crippen LogP contribution >= 0.6 is 11.6 Å². The molecule has 0 bridgehead atoms. The van der Waals surface area contributed by atoms with Crippen LogP contribution in [-0.2, 0) is 6.42 Å². The average molecular weight is 309 g/mol. The van der Waals surface area contributed by atoms with Gasteiger partial charge in [0.15, 0.2) is 0 Å². The summed E-state index contributed by atoms with van der Waals surface area (Å²) in [6.45, 7) is 2.23. The van der Waals surface area contributed by atoms with Gasteiger partial charge in [0.25, 0.3) is 0 Å². The van der Waals surface area contributed by atoms with Crippen molar-refractivity contribution in [2.45, 2.75) is 50.3 Å². The zero-order chi connectivity index (χ0) is 14.8. The minimum Gasteiger partial charge on any atom is -0.393 e. The Morgan fingerprint density at radius 3 is 2.38 bits per heavy atom. The first-order valence-electron chi connectivity index (χ1n) is 8.04. The van der Waals surface area contributed by atoms with E-state index in [1.807, 2.05) is 12.1 Å². The van der Waals surface area contributed by atoms with Gasteiger partial charge in [-0.2, -0.15) is 0 Å². The van der Waals surface area contributed by atoms with Gasteiger partial charge in [-0.1, -0.05) is 23.7 Å². The van der Waals surface area contributed by atoms with Crippen molar-refractivity contribution in [3.63, 3.8) is 0 Å². The van der Waals surface area contributed by atoms with Gasteiger partial charge < -0.3 is 10.8 Å². The monoisotopic (exact) mass is 308 g/mol. The van der Waals surface area contributed by atoms with Crippen molar-refractivity contribution >= 4 is 11.6 Å². The fourth-order valence-corrected chi connectivity index (χ4v) is 4.01. The molecule has 4 heteroatoms. The van der Waals surface area contributed by atoms with Gasteiger partial charge in [0.2, 0.25) is 0 Å². The highest BCUT2D eigenvalue weighted by atomic mass is 35.5. The highest BCUT2D eigenvalue weighted by Crippen LogP contribution is 2.29. The van der Waals surface area contributed by atoms with Crippen molar-refractivity contribution in [1.82, 2.24) is 4.90 Å². The fourth-order valence-electron chi connectivity index (χ4n) is 3.88. The first-order chi connectivity index (χ1) is 10.1. The molecule has 2 fully saturated rings. The van der Waals surface area contributed by atoms with Gasteiger partial charge in [-0.25, -0.2) is 0 Å². The van der Waals surface area contributed by atoms with E-state index in [4.69, 9.17) is 17.3 Å². The lowest BCUT2D eigenvalue weighted by molar-refractivity contribution is 0.112. The van der Waals surface area contributed by atoms with E-state index in [1.54, 1.807) is 0 Å². The van der Waals surface area contributed by atoms with E-state index in [0.717, 1.165) is 43.3 Å². The predicted molar refractivity (Wildman–Crippen MR) is 86.5 cm³/mol. The van der Waals surface area contributed by atoms with Crippen LogP contribution in [0.25, 0.3) is 0 Å². The second-order valence-electron chi connectivity index (χ2n) is 6.67. The minimum atomic E-state index is -0.197. The first kappa shape index (κ1) is 15.3. The van der Waals surface area contributed by atoms with Crippen molar-refractivity contribution in [3.8, 4) is 0 Å². The largest absolute Gasteiger partial charge is 0.393 e. The third-order valence-electron chi connectivity index (χ3n) is 5.11. The third-order valence-corrected chi connectivity index (χ3v) is 5.36. The van der Waals surface area contributed by atoms with E-state index >= 15 is 0 Å². The van der Waals surface area contributed by atoms with Crippen molar-refractivity contribution < 1.29 is 5.11 Å². The Hall–Kier alpha value is -0.610. The van der Waals surface area contributed by atoms with Crippen LogP contribution in [0, 0.1) is 5.92 Å². The lowest BCUT2D eigenvalue weighted by Crippen LogP contribution is -2.48. The molecule has 116 valence electrons. The van der Waals surface area contributed by atoms with Gasteiger partial charge in [0, 0.05) is 17.1 Å². The fraction of sp³-hybridized carbons (Fsp3) is 0.647. The van der Waals surface area contributed by atoms with Crippen LogP contribution in [0.3, 0.4) is 0 Å². The number of aliphatic hydroxyl groups excluding tert-OH is 1. The lowest BCUT2D eigenvalue weighted by Gasteiger charge is -2.37. The molecule has 1 saturated carbocycles. The molecular formula is C17H25ClN2O. The quantitative estimate of drug-likeness (QED) is 0.902. The Balaban J connectivity index is 1.50. The maximum absolute atomic E-state index is 9.75. The Labute approximate surface area is 132 Å². The van der Waals surface area contributed by atoms with Crippen LogP contribution in [-0.4, -0.2) is 41.3 Å². The van der Waals surface area contributed by atoms with Crippen LogP contribution < -0.4 is 5.73 Å². The molecule has 0 spiro atoms. The minimum absolute atomic E-state index is 0.146. The molecule has 3 N–H and O–H groups in total. The summed E-state index contributed by atoms with van der Waals surface area (Å²) in [6.07, 6.45) is 5.00. The molecule has 1 heterocycles. The molecule has 0 aromatic heterocycles. The summed E-state index contributed by atoms with van der Waals surface area (Å²) in [4.78, 5) is 2.50. The molecule has 3 atom stereocenters. The number of aliphatic hydroxyl groups is 1. The molecule has 3 rings (SSSR count). The van der Waals surface area contributed by atoms with Gasteiger partial charge in [-0.15, -0.1) is 0 Å². The molecule has 1 saturated heterocycles. The van der Waals surface area contributed by atoms with Gasteiger partial charge in [0.1, 0.15) is 0 Å². The molecule has 1 aliphatic heterocycles. The van der Waals surface area contributed by atoms with E-state index in [2.05, 4.69) is 17.0 Å². The maximum atomic E-state index is 9.75. The molecule has 0 radical (unpaired) electrons. The average Bonchev–Trinajstić information content (AvgIpc) is 2.81. The predicted octanol–water partition coefficient (Wildman–Crippen LogP) is 2.45. The topological polar surface area (TPSA) is 49.5 Å². The number of rotatable bonds is 3. The standard InChI is InChI=1S/C17H25ClN2O/c18-14-3-1-12(2-4-14)9-13-5-7-20(8-6-13)17-11-15(21)10-16(17)19/h1-4,13,15-17,21H,5-11,19H2. The van der Waals surface area contributed by atoms with Crippen LogP contribution in [0.15, 0.2) is 24.3 Å². The third kappa shape index (κ3) is 3.78. The molecule has 21 heavy (non-hydrogen) atoms. The maximum Gasteiger partial charge on any atom is 0.0571 e. The van der Waals surface area contributed by atoms with E-state index in [9.17, 15) is 5.11 Å². The number of nitrogens with two attached hydrogens (primary N) is 1. The van der Waals surface area contributed by atoms with Gasteiger partial charge in [-0.3, -0.25) is 4.90 Å². The van der Waals surface area contributed by atoms with Gasteiger partial charge in [-0.05, 0) is 68.8 Å². The van der Waals surface area contributed by atoms with Crippen LogP contribution in [0.1, 0.15) is 31.2 Å². The van der Waals surface area contributed by atoms with Crippen LogP contribution in [0.2, 0.25) is 5.02 Å². The van der Waals surface area contributed by atoms with Crippen LogP contribution in [0.4, 0.5) is 0 Å². The SMILES string of the molecule is NC1CC(O)CC1N1CCC(Cc2ccc(Cl)cc2)CC1. The van der Waals surface area contributed by atoms with Gasteiger partial charge >= 0.3 is 0 Å². The number of likely N-dealkylation sites (tertiary alicyclic amines) is 1. The number of benzene rings is 1. The Bertz CT molecular complexity index is 456. The second-order valence-corrected chi connectivity index (χ2v) is 7.10. The molecule has 3 nitrogen and oxygen atoms in total. The molecule has 2 aliphatic rings. The van der Waals surface area contributed by atoms with Crippen molar-refractivity contribution in [2.24, 2.45) is 11.7 Å². The summed E-state index contributed by atoms with van der Waals surface area (Å²) >= 11 is 5.93. The Kier molecular flexibility index (Phi) is 4.85. The highest BCUT2D eigenvalue weighted by Gasteiger charge is 2.36. The molecule has 1 aromatic rings. The van der Waals surface area contributed by atoms with E-state index in [1.165, 1.54) is 18.4 Å². The zero-order valence-corrected chi connectivity index (χ0v) is 13.2. The zero-order valence-electron chi connectivity index (χ0n) is 12.4. The summed E-state index contributed by atoms with van der Waals surface area (Å²) in [5, 5.41) is 10.6. The Morgan fingerprint density at radius 1 is 1.14 bits per heavy atom. The Morgan fingerprint density at radius 2 is 1.81 bits per heavy atom. The number of hydrogen-bond donors (Lipinski definition) is 2. The summed E-state index contributed by atoms with van der Waals surface area (Å²) in [5.41, 5.74) is 7.54. The molecule has 3 unspecified atom stereocenters. The van der Waals surface area contributed by atoms with E-state index < -0.39 is 0 Å². The normalized spacial score (nSPS) is 31.7. The highest BCUT2D eigenvalue weighted by molar-refractivity contribution is 6.30. The number of nitrogens with zero attached hydrogens (tertiary/aromatic N) is 1. The van der Waals surface area contributed by atoms with E-state index in [0.29, 0.717) is 6.04 Å². The van der Waals surface area contributed by atoms with Gasteiger partial charge in [0.05, 0.1) is 6.10 Å². The summed E-state index contributed by atoms with van der Waals surface area (Å²) < 4.78 is 0.